The number of aryl methyl sites for hydroxylation is 2. The summed E-state index contributed by atoms with van der Waals surface area (Å²) < 4.78 is 6.44. The molecule has 0 saturated carbocycles. The number of hydrogen-bond donors (Lipinski definition) is 1. The highest BCUT2D eigenvalue weighted by molar-refractivity contribution is 5.41. The molecule has 1 heterocycles. The fourth-order valence-corrected chi connectivity index (χ4v) is 3.26. The lowest BCUT2D eigenvalue weighted by Crippen LogP contribution is -2.55. The van der Waals surface area contributed by atoms with Crippen LogP contribution < -0.4 is 5.32 Å². The van der Waals surface area contributed by atoms with Crippen LogP contribution in [0.2, 0.25) is 0 Å². The molecule has 1 aromatic rings. The molecule has 1 aromatic carbocycles. The standard InChI is InChI=1S/C15H21NO/c1-11-4-5-12-6-7-15(13(12)8-11)10-16-9-14(2,3)17-15/h4-5,8,16H,6-7,9-10H2,1-3H3. The van der Waals surface area contributed by atoms with E-state index in [4.69, 9.17) is 4.74 Å². The van der Waals surface area contributed by atoms with Crippen LogP contribution in [0, 0.1) is 6.92 Å². The fourth-order valence-electron chi connectivity index (χ4n) is 3.26. The van der Waals surface area contributed by atoms with Crippen LogP contribution in [0.4, 0.5) is 0 Å². The average Bonchev–Trinajstić information content (AvgIpc) is 2.56. The Morgan fingerprint density at radius 2 is 2.06 bits per heavy atom. The highest BCUT2D eigenvalue weighted by atomic mass is 16.5. The van der Waals surface area contributed by atoms with Gasteiger partial charge in [-0.25, -0.2) is 0 Å². The lowest BCUT2D eigenvalue weighted by atomic mass is 9.90. The summed E-state index contributed by atoms with van der Waals surface area (Å²) in [7, 11) is 0. The number of ether oxygens (including phenoxy) is 1. The Labute approximate surface area is 103 Å². The van der Waals surface area contributed by atoms with Gasteiger partial charge in [-0.3, -0.25) is 0 Å². The monoisotopic (exact) mass is 231 g/mol. The molecule has 17 heavy (non-hydrogen) atoms. The zero-order chi connectivity index (χ0) is 12.1. The zero-order valence-corrected chi connectivity index (χ0v) is 11.0. The Bertz CT molecular complexity index is 448. The molecule has 1 aliphatic heterocycles. The first kappa shape index (κ1) is 11.2. The second kappa shape index (κ2) is 3.56. The normalized spacial score (nSPS) is 30.5. The van der Waals surface area contributed by atoms with Gasteiger partial charge in [0.2, 0.25) is 0 Å². The Morgan fingerprint density at radius 1 is 1.24 bits per heavy atom. The van der Waals surface area contributed by atoms with Crippen LogP contribution >= 0.6 is 0 Å². The Kier molecular flexibility index (Phi) is 2.36. The van der Waals surface area contributed by atoms with E-state index < -0.39 is 0 Å². The molecule has 2 nitrogen and oxygen atoms in total. The predicted molar refractivity (Wildman–Crippen MR) is 69.2 cm³/mol. The van der Waals surface area contributed by atoms with Gasteiger partial charge in [0.1, 0.15) is 5.60 Å². The quantitative estimate of drug-likeness (QED) is 0.741. The second-order valence-corrected chi connectivity index (χ2v) is 6.12. The fraction of sp³-hybridized carbons (Fsp3) is 0.600. The molecule has 0 amide bonds. The lowest BCUT2D eigenvalue weighted by Gasteiger charge is -2.44. The van der Waals surface area contributed by atoms with E-state index in [1.54, 1.807) is 0 Å². The Hall–Kier alpha value is -0.860. The third kappa shape index (κ3) is 1.80. The van der Waals surface area contributed by atoms with Gasteiger partial charge >= 0.3 is 0 Å². The van der Waals surface area contributed by atoms with Gasteiger partial charge in [0.05, 0.1) is 5.60 Å². The van der Waals surface area contributed by atoms with Gasteiger partial charge in [0, 0.05) is 13.1 Å². The number of fused-ring (bicyclic) bond motifs is 2. The number of morpholine rings is 1. The van der Waals surface area contributed by atoms with E-state index >= 15 is 0 Å². The topological polar surface area (TPSA) is 21.3 Å². The van der Waals surface area contributed by atoms with Crippen molar-refractivity contribution >= 4 is 0 Å². The molecule has 1 spiro atoms. The molecule has 1 N–H and O–H groups in total. The average molecular weight is 231 g/mol. The van der Waals surface area contributed by atoms with Crippen molar-refractivity contribution in [1.82, 2.24) is 5.32 Å². The molecule has 1 saturated heterocycles. The molecule has 2 heteroatoms. The van der Waals surface area contributed by atoms with Crippen molar-refractivity contribution in [2.24, 2.45) is 0 Å². The van der Waals surface area contributed by atoms with Gasteiger partial charge in [-0.1, -0.05) is 23.8 Å². The van der Waals surface area contributed by atoms with Crippen LogP contribution in [0.5, 0.6) is 0 Å². The minimum Gasteiger partial charge on any atom is -0.362 e. The first-order chi connectivity index (χ1) is 8.01. The van der Waals surface area contributed by atoms with Crippen molar-refractivity contribution in [3.63, 3.8) is 0 Å². The molecule has 1 fully saturated rings. The van der Waals surface area contributed by atoms with Crippen molar-refractivity contribution in [2.45, 2.75) is 44.8 Å². The van der Waals surface area contributed by atoms with Crippen LogP contribution in [0.1, 0.15) is 37.0 Å². The maximum Gasteiger partial charge on any atom is 0.107 e. The third-order valence-electron chi connectivity index (χ3n) is 3.99. The van der Waals surface area contributed by atoms with E-state index in [1.807, 2.05) is 0 Å². The second-order valence-electron chi connectivity index (χ2n) is 6.12. The largest absolute Gasteiger partial charge is 0.362 e. The van der Waals surface area contributed by atoms with E-state index in [-0.39, 0.29) is 11.2 Å². The van der Waals surface area contributed by atoms with Gasteiger partial charge in [0.25, 0.3) is 0 Å². The van der Waals surface area contributed by atoms with Crippen molar-refractivity contribution in [2.75, 3.05) is 13.1 Å². The number of rotatable bonds is 0. The molecule has 3 rings (SSSR count). The van der Waals surface area contributed by atoms with E-state index in [0.717, 1.165) is 25.9 Å². The van der Waals surface area contributed by atoms with E-state index in [0.29, 0.717) is 0 Å². The van der Waals surface area contributed by atoms with Crippen molar-refractivity contribution in [1.29, 1.82) is 0 Å². The van der Waals surface area contributed by atoms with Gasteiger partial charge < -0.3 is 10.1 Å². The van der Waals surface area contributed by atoms with E-state index in [9.17, 15) is 0 Å². The summed E-state index contributed by atoms with van der Waals surface area (Å²) >= 11 is 0. The summed E-state index contributed by atoms with van der Waals surface area (Å²) in [5.41, 5.74) is 4.07. The number of hydrogen-bond acceptors (Lipinski definition) is 2. The van der Waals surface area contributed by atoms with Gasteiger partial charge in [-0.05, 0) is 44.7 Å². The van der Waals surface area contributed by atoms with Crippen LogP contribution in [-0.2, 0) is 16.8 Å². The van der Waals surface area contributed by atoms with Crippen LogP contribution in [0.3, 0.4) is 0 Å². The van der Waals surface area contributed by atoms with Gasteiger partial charge in [0.15, 0.2) is 0 Å². The maximum atomic E-state index is 6.44. The Balaban J connectivity index is 2.04. The number of nitrogens with one attached hydrogen (secondary N) is 1. The summed E-state index contributed by atoms with van der Waals surface area (Å²) in [6, 6.07) is 6.79. The Morgan fingerprint density at radius 3 is 2.82 bits per heavy atom. The minimum absolute atomic E-state index is 0.0659. The first-order valence-corrected chi connectivity index (χ1v) is 6.52. The van der Waals surface area contributed by atoms with Crippen molar-refractivity contribution < 1.29 is 4.74 Å². The molecule has 92 valence electrons. The summed E-state index contributed by atoms with van der Waals surface area (Å²) in [5.74, 6) is 0. The van der Waals surface area contributed by atoms with Gasteiger partial charge in [-0.2, -0.15) is 0 Å². The molecule has 0 aromatic heterocycles. The molecule has 1 atom stereocenters. The summed E-state index contributed by atoms with van der Waals surface area (Å²) in [6.45, 7) is 8.40. The van der Waals surface area contributed by atoms with E-state index in [1.165, 1.54) is 16.7 Å². The van der Waals surface area contributed by atoms with Crippen LogP contribution in [-0.4, -0.2) is 18.7 Å². The third-order valence-corrected chi connectivity index (χ3v) is 3.99. The van der Waals surface area contributed by atoms with Gasteiger partial charge in [-0.15, -0.1) is 0 Å². The minimum atomic E-state index is -0.0803. The molecular formula is C15H21NO. The van der Waals surface area contributed by atoms with Crippen molar-refractivity contribution in [3.05, 3.63) is 34.9 Å². The summed E-state index contributed by atoms with van der Waals surface area (Å²) in [4.78, 5) is 0. The highest BCUT2D eigenvalue weighted by Gasteiger charge is 2.46. The molecular weight excluding hydrogens is 210 g/mol. The predicted octanol–water partition coefficient (Wildman–Crippen LogP) is 2.53. The molecule has 1 aliphatic carbocycles. The molecule has 0 bridgehead atoms. The highest BCUT2D eigenvalue weighted by Crippen LogP contribution is 2.44. The summed E-state index contributed by atoms with van der Waals surface area (Å²) in [6.07, 6.45) is 2.26. The lowest BCUT2D eigenvalue weighted by molar-refractivity contribution is -0.166. The van der Waals surface area contributed by atoms with Crippen LogP contribution in [0.25, 0.3) is 0 Å². The smallest absolute Gasteiger partial charge is 0.107 e. The molecule has 1 unspecified atom stereocenters. The molecule has 0 radical (unpaired) electrons. The first-order valence-electron chi connectivity index (χ1n) is 6.52. The zero-order valence-electron chi connectivity index (χ0n) is 11.0. The SMILES string of the molecule is Cc1ccc2c(c1)C1(CC2)CNCC(C)(C)O1. The maximum absolute atomic E-state index is 6.44. The van der Waals surface area contributed by atoms with Crippen molar-refractivity contribution in [3.8, 4) is 0 Å². The summed E-state index contributed by atoms with van der Waals surface area (Å²) in [5, 5.41) is 3.54. The molecule has 2 aliphatic rings. The number of benzene rings is 1. The van der Waals surface area contributed by atoms with E-state index in [2.05, 4.69) is 44.3 Å². The van der Waals surface area contributed by atoms with Crippen LogP contribution in [0.15, 0.2) is 18.2 Å².